The zero-order valence-electron chi connectivity index (χ0n) is 19.3. The average molecular weight is 477 g/mol. The van der Waals surface area contributed by atoms with Crippen molar-refractivity contribution in [2.45, 2.75) is 39.2 Å². The van der Waals surface area contributed by atoms with Crippen LogP contribution in [0.4, 0.5) is 0 Å². The van der Waals surface area contributed by atoms with E-state index in [1.54, 1.807) is 24.4 Å². The van der Waals surface area contributed by atoms with Gasteiger partial charge >= 0.3 is 5.63 Å². The lowest BCUT2D eigenvalue weighted by atomic mass is 10.0. The Balaban J connectivity index is 1.52. The number of rotatable bonds is 9. The Morgan fingerprint density at radius 1 is 1.20 bits per heavy atom. The van der Waals surface area contributed by atoms with Crippen LogP contribution in [-0.2, 0) is 22.4 Å². The number of hydrogen-bond acceptors (Lipinski definition) is 7. The molecule has 0 bridgehead atoms. The van der Waals surface area contributed by atoms with Crippen molar-refractivity contribution in [3.63, 3.8) is 0 Å². The number of aryl methyl sites for hydroxylation is 2. The highest BCUT2D eigenvalue weighted by molar-refractivity contribution is 5.89. The molecule has 4 aromatic rings. The first-order valence-corrected chi connectivity index (χ1v) is 11.2. The molecule has 1 atom stereocenters. The Morgan fingerprint density at radius 2 is 2.00 bits per heavy atom. The van der Waals surface area contributed by atoms with Crippen molar-refractivity contribution in [3.8, 4) is 11.5 Å². The molecule has 0 aliphatic carbocycles. The molecule has 3 N–H and O–H groups in total. The number of carbonyl (C=O) groups is 2. The van der Waals surface area contributed by atoms with E-state index in [0.717, 1.165) is 23.1 Å². The molecule has 0 spiro atoms. The molecule has 0 aliphatic heterocycles. The maximum absolute atomic E-state index is 12.6. The molecule has 2 aromatic carbocycles. The third kappa shape index (κ3) is 5.29. The van der Waals surface area contributed by atoms with Gasteiger partial charge in [0, 0.05) is 29.6 Å². The minimum atomic E-state index is -1.44. The van der Waals surface area contributed by atoms with Crippen LogP contribution in [0.15, 0.2) is 51.8 Å². The Labute approximate surface area is 200 Å². The van der Waals surface area contributed by atoms with Crippen molar-refractivity contribution in [1.82, 2.24) is 10.3 Å². The first-order chi connectivity index (χ1) is 16.7. The maximum atomic E-state index is 12.6. The van der Waals surface area contributed by atoms with E-state index in [1.807, 2.05) is 13.8 Å². The monoisotopic (exact) mass is 477 g/mol. The maximum Gasteiger partial charge on any atom is 0.336 e. The molecule has 0 fully saturated rings. The number of ether oxygens (including phenoxy) is 1. The Kier molecular flexibility index (Phi) is 6.77. The lowest BCUT2D eigenvalue weighted by molar-refractivity contribution is -0.308. The predicted octanol–water partition coefficient (Wildman–Crippen LogP) is 2.10. The van der Waals surface area contributed by atoms with Gasteiger partial charge in [-0.1, -0.05) is 13.3 Å². The van der Waals surface area contributed by atoms with E-state index in [1.165, 1.54) is 18.2 Å². The van der Waals surface area contributed by atoms with Gasteiger partial charge in [-0.15, -0.1) is 0 Å². The molecule has 2 aromatic heterocycles. The summed E-state index contributed by atoms with van der Waals surface area (Å²) in [5, 5.41) is 25.2. The highest BCUT2D eigenvalue weighted by atomic mass is 16.5. The quantitative estimate of drug-likeness (QED) is 0.313. The van der Waals surface area contributed by atoms with Crippen LogP contribution in [0.2, 0.25) is 0 Å². The van der Waals surface area contributed by atoms with Gasteiger partial charge in [0.1, 0.15) is 17.1 Å². The molecule has 0 radical (unpaired) electrons. The number of benzene rings is 2. The first-order valence-electron chi connectivity index (χ1n) is 11.2. The minimum absolute atomic E-state index is 0.0449. The lowest BCUT2D eigenvalue weighted by Gasteiger charge is -2.20. The number of carboxylic acids is 1. The molecule has 182 valence electrons. The van der Waals surface area contributed by atoms with Gasteiger partial charge in [0.05, 0.1) is 17.4 Å². The highest BCUT2D eigenvalue weighted by Gasteiger charge is 2.18. The fourth-order valence-corrected chi connectivity index (χ4v) is 4.18. The van der Waals surface area contributed by atoms with E-state index >= 15 is 0 Å². The number of fused-ring (bicyclic) bond motifs is 2. The van der Waals surface area contributed by atoms with E-state index in [0.29, 0.717) is 34.1 Å². The van der Waals surface area contributed by atoms with Crippen LogP contribution in [0.25, 0.3) is 21.9 Å². The van der Waals surface area contributed by atoms with Gasteiger partial charge in [-0.25, -0.2) is 4.79 Å². The first kappa shape index (κ1) is 23.9. The molecule has 9 nitrogen and oxygen atoms in total. The van der Waals surface area contributed by atoms with Gasteiger partial charge in [-0.3, -0.25) is 4.79 Å². The van der Waals surface area contributed by atoms with Crippen LogP contribution >= 0.6 is 0 Å². The number of amides is 1. The zero-order chi connectivity index (χ0) is 25.1. The summed E-state index contributed by atoms with van der Waals surface area (Å²) in [6.45, 7) is 3.35. The molecule has 0 saturated carbocycles. The summed E-state index contributed by atoms with van der Waals surface area (Å²) in [6, 6.07) is 8.29. The number of aliphatic carboxylic acids is 1. The van der Waals surface area contributed by atoms with Crippen molar-refractivity contribution in [2.75, 3.05) is 6.61 Å². The normalized spacial score (nSPS) is 12.1. The standard InChI is InChI=1S/C26H26N2O7/c1-3-4-15-10-24(31)35-22-8-14(2)7-21(25(15)22)34-13-23(30)28-20(26(32)33)9-16-12-27-19-6-5-17(29)11-18(16)19/h5-8,10-12,20,27,29H,3-4,9,13H2,1-2H3,(H,28,30)(H,32,33)/p-1/t20-/m1/s1. The van der Waals surface area contributed by atoms with E-state index < -0.39 is 30.2 Å². The summed E-state index contributed by atoms with van der Waals surface area (Å²) in [6.07, 6.45) is 3.01. The van der Waals surface area contributed by atoms with Gasteiger partial charge in [0.15, 0.2) is 6.61 Å². The molecule has 9 heteroatoms. The third-order valence-electron chi connectivity index (χ3n) is 5.71. The second-order valence-corrected chi connectivity index (χ2v) is 8.45. The van der Waals surface area contributed by atoms with E-state index in [-0.39, 0.29) is 12.2 Å². The molecule has 0 aliphatic rings. The summed E-state index contributed by atoms with van der Waals surface area (Å²) in [7, 11) is 0. The summed E-state index contributed by atoms with van der Waals surface area (Å²) < 4.78 is 11.1. The number of aromatic nitrogens is 1. The molecule has 1 amide bonds. The molecule has 0 saturated heterocycles. The van der Waals surface area contributed by atoms with Crippen molar-refractivity contribution >= 4 is 33.7 Å². The number of aromatic hydroxyl groups is 1. The second kappa shape index (κ2) is 9.92. The average Bonchev–Trinajstić information content (AvgIpc) is 3.18. The topological polar surface area (TPSA) is 145 Å². The Bertz CT molecular complexity index is 1470. The van der Waals surface area contributed by atoms with E-state index in [9.17, 15) is 24.6 Å². The zero-order valence-corrected chi connectivity index (χ0v) is 19.3. The van der Waals surface area contributed by atoms with Crippen LogP contribution in [-0.4, -0.2) is 34.6 Å². The van der Waals surface area contributed by atoms with Crippen molar-refractivity contribution < 1.29 is 29.0 Å². The van der Waals surface area contributed by atoms with Crippen LogP contribution < -0.4 is 20.8 Å². The second-order valence-electron chi connectivity index (χ2n) is 8.45. The van der Waals surface area contributed by atoms with Crippen molar-refractivity contribution in [2.24, 2.45) is 0 Å². The molecular weight excluding hydrogens is 452 g/mol. The summed E-state index contributed by atoms with van der Waals surface area (Å²) in [5.41, 5.74) is 2.77. The van der Waals surface area contributed by atoms with Crippen molar-refractivity contribution in [3.05, 3.63) is 69.7 Å². The molecular formula is C26H25N2O7-. The number of nitrogens with one attached hydrogen (secondary N) is 2. The summed E-state index contributed by atoms with van der Waals surface area (Å²) in [5.74, 6) is -1.67. The third-order valence-corrected chi connectivity index (χ3v) is 5.71. The molecule has 4 rings (SSSR count). The lowest BCUT2D eigenvalue weighted by Crippen LogP contribution is -2.50. The van der Waals surface area contributed by atoms with Gasteiger partial charge in [-0.05, 0) is 60.4 Å². The SMILES string of the molecule is CCCc1cc(=O)oc2cc(C)cc(OCC(=O)N[C@H](Cc3c[nH]c4ccc(O)cc34)C(=O)[O-])c12. The minimum Gasteiger partial charge on any atom is -0.548 e. The molecule has 2 heterocycles. The summed E-state index contributed by atoms with van der Waals surface area (Å²) in [4.78, 5) is 39.3. The highest BCUT2D eigenvalue weighted by Crippen LogP contribution is 2.30. The van der Waals surface area contributed by atoms with Gasteiger partial charge < -0.3 is 34.5 Å². The van der Waals surface area contributed by atoms with E-state index in [4.69, 9.17) is 9.15 Å². The van der Waals surface area contributed by atoms with Crippen LogP contribution in [0, 0.1) is 6.92 Å². The van der Waals surface area contributed by atoms with Gasteiger partial charge in [0.2, 0.25) is 0 Å². The van der Waals surface area contributed by atoms with Crippen LogP contribution in [0.3, 0.4) is 0 Å². The Hall–Kier alpha value is -4.27. The number of phenols is 1. The number of phenolic OH excluding ortho intramolecular Hbond substituents is 1. The van der Waals surface area contributed by atoms with Gasteiger partial charge in [0.25, 0.3) is 5.91 Å². The number of carboxylic acid groups (broad SMARTS) is 1. The summed E-state index contributed by atoms with van der Waals surface area (Å²) >= 11 is 0. The van der Waals surface area contributed by atoms with Crippen LogP contribution in [0.5, 0.6) is 11.5 Å². The van der Waals surface area contributed by atoms with E-state index in [2.05, 4.69) is 10.3 Å². The number of carbonyl (C=O) groups excluding carboxylic acids is 2. The van der Waals surface area contributed by atoms with Gasteiger partial charge in [-0.2, -0.15) is 0 Å². The largest absolute Gasteiger partial charge is 0.548 e. The fourth-order valence-electron chi connectivity index (χ4n) is 4.18. The van der Waals surface area contributed by atoms with Crippen LogP contribution in [0.1, 0.15) is 30.0 Å². The molecule has 0 unspecified atom stereocenters. The number of hydrogen-bond donors (Lipinski definition) is 3. The Morgan fingerprint density at radius 3 is 2.74 bits per heavy atom. The van der Waals surface area contributed by atoms with Crippen molar-refractivity contribution in [1.29, 1.82) is 0 Å². The predicted molar refractivity (Wildman–Crippen MR) is 127 cm³/mol. The number of H-pyrrole nitrogens is 1. The molecule has 35 heavy (non-hydrogen) atoms. The number of aromatic amines is 1. The smallest absolute Gasteiger partial charge is 0.336 e. The fraction of sp³-hybridized carbons (Fsp3) is 0.269.